The molecule has 0 aliphatic rings. The molecule has 0 radical (unpaired) electrons. The SMILES string of the molecule is CCCCOC(=O)C(C)n1cc(Br)ccc1=O. The van der Waals surface area contributed by atoms with Crippen LogP contribution in [0.25, 0.3) is 0 Å². The molecule has 0 amide bonds. The fourth-order valence-electron chi connectivity index (χ4n) is 1.33. The Morgan fingerprint density at radius 2 is 2.24 bits per heavy atom. The van der Waals surface area contributed by atoms with Crippen molar-refractivity contribution >= 4 is 21.9 Å². The number of nitrogens with zero attached hydrogens (tertiary/aromatic N) is 1. The first kappa shape index (κ1) is 14.0. The summed E-state index contributed by atoms with van der Waals surface area (Å²) >= 11 is 3.27. The molecule has 1 rings (SSSR count). The standard InChI is InChI=1S/C12H16BrNO3/c1-3-4-7-17-12(16)9(2)14-8-10(13)5-6-11(14)15/h5-6,8-9H,3-4,7H2,1-2H3. The molecule has 1 unspecified atom stereocenters. The molecular weight excluding hydrogens is 286 g/mol. The summed E-state index contributed by atoms with van der Waals surface area (Å²) in [4.78, 5) is 23.3. The zero-order valence-corrected chi connectivity index (χ0v) is 11.6. The highest BCUT2D eigenvalue weighted by Gasteiger charge is 2.17. The van der Waals surface area contributed by atoms with Gasteiger partial charge in [-0.3, -0.25) is 4.79 Å². The van der Waals surface area contributed by atoms with Crippen molar-refractivity contribution in [2.45, 2.75) is 32.7 Å². The Kier molecular flexibility index (Phi) is 5.41. The predicted molar refractivity (Wildman–Crippen MR) is 69.0 cm³/mol. The molecule has 94 valence electrons. The van der Waals surface area contributed by atoms with Gasteiger partial charge in [0, 0.05) is 16.7 Å². The van der Waals surface area contributed by atoms with Crippen LogP contribution in [-0.2, 0) is 9.53 Å². The Morgan fingerprint density at radius 1 is 1.53 bits per heavy atom. The summed E-state index contributed by atoms with van der Waals surface area (Å²) in [6, 6.07) is 2.46. The Labute approximate surface area is 109 Å². The van der Waals surface area contributed by atoms with Gasteiger partial charge in [0.05, 0.1) is 6.61 Å². The lowest BCUT2D eigenvalue weighted by Gasteiger charge is -2.14. The number of aromatic nitrogens is 1. The molecule has 1 heterocycles. The average Bonchev–Trinajstić information content (AvgIpc) is 2.31. The number of halogens is 1. The van der Waals surface area contributed by atoms with Crippen LogP contribution in [0.4, 0.5) is 0 Å². The van der Waals surface area contributed by atoms with E-state index < -0.39 is 6.04 Å². The summed E-state index contributed by atoms with van der Waals surface area (Å²) in [6.07, 6.45) is 3.40. The molecule has 1 atom stereocenters. The summed E-state index contributed by atoms with van der Waals surface area (Å²) < 4.78 is 7.19. The molecule has 5 heteroatoms. The first-order valence-electron chi connectivity index (χ1n) is 5.60. The van der Waals surface area contributed by atoms with Gasteiger partial charge in [0.2, 0.25) is 0 Å². The van der Waals surface area contributed by atoms with Gasteiger partial charge in [0.15, 0.2) is 0 Å². The smallest absolute Gasteiger partial charge is 0.328 e. The lowest BCUT2D eigenvalue weighted by Crippen LogP contribution is -2.28. The van der Waals surface area contributed by atoms with Gasteiger partial charge < -0.3 is 9.30 Å². The predicted octanol–water partition coefficient (Wildman–Crippen LogP) is 2.52. The van der Waals surface area contributed by atoms with Crippen molar-refractivity contribution in [1.29, 1.82) is 0 Å². The molecule has 0 fully saturated rings. The summed E-state index contributed by atoms with van der Waals surface area (Å²) in [7, 11) is 0. The van der Waals surface area contributed by atoms with E-state index >= 15 is 0 Å². The average molecular weight is 302 g/mol. The molecular formula is C12H16BrNO3. The largest absolute Gasteiger partial charge is 0.464 e. The van der Waals surface area contributed by atoms with Gasteiger partial charge in [-0.2, -0.15) is 0 Å². The Balaban J connectivity index is 2.74. The zero-order valence-electron chi connectivity index (χ0n) is 9.98. The van der Waals surface area contributed by atoms with Gasteiger partial charge in [-0.05, 0) is 35.3 Å². The zero-order chi connectivity index (χ0) is 12.8. The van der Waals surface area contributed by atoms with Crippen molar-refractivity contribution in [3.05, 3.63) is 33.2 Å². The molecule has 0 aliphatic heterocycles. The number of carbonyl (C=O) groups is 1. The Morgan fingerprint density at radius 3 is 2.88 bits per heavy atom. The van der Waals surface area contributed by atoms with Gasteiger partial charge in [-0.25, -0.2) is 4.79 Å². The topological polar surface area (TPSA) is 48.3 Å². The molecule has 0 bridgehead atoms. The van der Waals surface area contributed by atoms with E-state index in [9.17, 15) is 9.59 Å². The van der Waals surface area contributed by atoms with Gasteiger partial charge in [-0.15, -0.1) is 0 Å². The van der Waals surface area contributed by atoms with Crippen LogP contribution in [-0.4, -0.2) is 17.1 Å². The van der Waals surface area contributed by atoms with E-state index in [1.165, 1.54) is 10.6 Å². The lowest BCUT2D eigenvalue weighted by molar-refractivity contribution is -0.147. The number of rotatable bonds is 5. The van der Waals surface area contributed by atoms with E-state index in [1.54, 1.807) is 19.2 Å². The molecule has 4 nitrogen and oxygen atoms in total. The lowest BCUT2D eigenvalue weighted by atomic mass is 10.3. The highest BCUT2D eigenvalue weighted by Crippen LogP contribution is 2.11. The monoisotopic (exact) mass is 301 g/mol. The van der Waals surface area contributed by atoms with Crippen LogP contribution < -0.4 is 5.56 Å². The number of ether oxygens (including phenoxy) is 1. The number of esters is 1. The van der Waals surface area contributed by atoms with E-state index in [0.717, 1.165) is 17.3 Å². The number of carbonyl (C=O) groups excluding carboxylic acids is 1. The molecule has 0 N–H and O–H groups in total. The second kappa shape index (κ2) is 6.59. The molecule has 0 aromatic carbocycles. The molecule has 0 saturated heterocycles. The quantitative estimate of drug-likeness (QED) is 0.620. The molecule has 0 spiro atoms. The third kappa shape index (κ3) is 4.00. The van der Waals surface area contributed by atoms with Crippen LogP contribution in [0.2, 0.25) is 0 Å². The highest BCUT2D eigenvalue weighted by atomic mass is 79.9. The maximum atomic E-state index is 11.7. The van der Waals surface area contributed by atoms with Crippen molar-refractivity contribution in [2.75, 3.05) is 6.61 Å². The maximum absolute atomic E-state index is 11.7. The third-order valence-electron chi connectivity index (χ3n) is 2.40. The van der Waals surface area contributed by atoms with Crippen LogP contribution in [0.3, 0.4) is 0 Å². The van der Waals surface area contributed by atoms with Crippen LogP contribution in [0, 0.1) is 0 Å². The van der Waals surface area contributed by atoms with Crippen LogP contribution in [0.5, 0.6) is 0 Å². The van der Waals surface area contributed by atoms with Crippen LogP contribution in [0.1, 0.15) is 32.7 Å². The number of hydrogen-bond acceptors (Lipinski definition) is 3. The van der Waals surface area contributed by atoms with Gasteiger partial charge in [0.25, 0.3) is 5.56 Å². The summed E-state index contributed by atoms with van der Waals surface area (Å²) in [6.45, 7) is 4.08. The van der Waals surface area contributed by atoms with Crippen molar-refractivity contribution in [1.82, 2.24) is 4.57 Å². The summed E-state index contributed by atoms with van der Waals surface area (Å²) in [5, 5.41) is 0. The van der Waals surface area contributed by atoms with E-state index in [4.69, 9.17) is 4.74 Å². The van der Waals surface area contributed by atoms with Crippen LogP contribution in [0.15, 0.2) is 27.6 Å². The van der Waals surface area contributed by atoms with Crippen molar-refractivity contribution < 1.29 is 9.53 Å². The van der Waals surface area contributed by atoms with E-state index in [1.807, 2.05) is 6.92 Å². The molecule has 1 aromatic rings. The fraction of sp³-hybridized carbons (Fsp3) is 0.500. The van der Waals surface area contributed by atoms with E-state index in [2.05, 4.69) is 15.9 Å². The van der Waals surface area contributed by atoms with Crippen molar-refractivity contribution in [2.24, 2.45) is 0 Å². The Bertz CT molecular complexity index is 442. The van der Waals surface area contributed by atoms with E-state index in [0.29, 0.717) is 6.61 Å². The number of hydrogen-bond donors (Lipinski definition) is 0. The second-order valence-electron chi connectivity index (χ2n) is 3.79. The maximum Gasteiger partial charge on any atom is 0.328 e. The first-order chi connectivity index (χ1) is 8.06. The normalized spacial score (nSPS) is 12.2. The Hall–Kier alpha value is -1.10. The fourth-order valence-corrected chi connectivity index (χ4v) is 1.68. The van der Waals surface area contributed by atoms with Crippen molar-refractivity contribution in [3.63, 3.8) is 0 Å². The minimum absolute atomic E-state index is 0.215. The minimum atomic E-state index is -0.600. The molecule has 17 heavy (non-hydrogen) atoms. The van der Waals surface area contributed by atoms with Gasteiger partial charge in [0.1, 0.15) is 6.04 Å². The van der Waals surface area contributed by atoms with Crippen LogP contribution >= 0.6 is 15.9 Å². The molecule has 0 aliphatic carbocycles. The second-order valence-corrected chi connectivity index (χ2v) is 4.71. The molecule has 1 aromatic heterocycles. The van der Waals surface area contributed by atoms with Crippen molar-refractivity contribution in [3.8, 4) is 0 Å². The third-order valence-corrected chi connectivity index (χ3v) is 2.87. The first-order valence-corrected chi connectivity index (χ1v) is 6.40. The summed E-state index contributed by atoms with van der Waals surface area (Å²) in [5.41, 5.74) is -0.215. The van der Waals surface area contributed by atoms with Gasteiger partial charge in [-0.1, -0.05) is 13.3 Å². The van der Waals surface area contributed by atoms with Gasteiger partial charge >= 0.3 is 5.97 Å². The summed E-state index contributed by atoms with van der Waals surface area (Å²) in [5.74, 6) is -0.376. The number of pyridine rings is 1. The van der Waals surface area contributed by atoms with E-state index in [-0.39, 0.29) is 11.5 Å². The minimum Gasteiger partial charge on any atom is -0.464 e. The number of unbranched alkanes of at least 4 members (excludes halogenated alkanes) is 1. The molecule has 0 saturated carbocycles. The highest BCUT2D eigenvalue weighted by molar-refractivity contribution is 9.10.